The number of carbonyl (C=O) groups excluding carboxylic acids is 1. The summed E-state index contributed by atoms with van der Waals surface area (Å²) in [5.41, 5.74) is 6.74. The molecule has 2 rings (SSSR count). The Morgan fingerprint density at radius 3 is 3.22 bits per heavy atom. The molecule has 5 nitrogen and oxygen atoms in total. The highest BCUT2D eigenvalue weighted by atomic mass is 16.5. The van der Waals surface area contributed by atoms with Crippen molar-refractivity contribution in [1.29, 1.82) is 0 Å². The van der Waals surface area contributed by atoms with Gasteiger partial charge in [0.05, 0.1) is 23.6 Å². The molecule has 1 aliphatic rings. The highest BCUT2D eigenvalue weighted by molar-refractivity contribution is 5.98. The Bertz CT molecular complexity index is 420. The van der Waals surface area contributed by atoms with Crippen LogP contribution < -0.4 is 5.73 Å². The van der Waals surface area contributed by atoms with E-state index < -0.39 is 0 Å². The maximum Gasteiger partial charge on any atom is 0.256 e. The summed E-state index contributed by atoms with van der Waals surface area (Å²) >= 11 is 0. The van der Waals surface area contributed by atoms with Gasteiger partial charge in [0.2, 0.25) is 0 Å². The number of pyridine rings is 1. The van der Waals surface area contributed by atoms with Crippen LogP contribution in [0.25, 0.3) is 0 Å². The molecule has 18 heavy (non-hydrogen) atoms. The number of amides is 1. The summed E-state index contributed by atoms with van der Waals surface area (Å²) in [5, 5.41) is 0. The van der Waals surface area contributed by atoms with E-state index in [4.69, 9.17) is 10.5 Å². The quantitative estimate of drug-likeness (QED) is 0.876. The number of rotatable bonds is 3. The maximum absolute atomic E-state index is 12.3. The second-order valence-electron chi connectivity index (χ2n) is 4.43. The Hall–Kier alpha value is -1.62. The van der Waals surface area contributed by atoms with Gasteiger partial charge >= 0.3 is 0 Å². The van der Waals surface area contributed by atoms with E-state index in [-0.39, 0.29) is 12.0 Å². The van der Waals surface area contributed by atoms with Crippen LogP contribution in [-0.2, 0) is 4.74 Å². The summed E-state index contributed by atoms with van der Waals surface area (Å²) in [6, 6.07) is 1.67. The molecule has 0 bridgehead atoms. The molecule has 0 spiro atoms. The number of nitrogens with two attached hydrogens (primary N) is 1. The molecule has 1 amide bonds. The second kappa shape index (κ2) is 5.82. The number of piperidine rings is 1. The van der Waals surface area contributed by atoms with Gasteiger partial charge in [-0.15, -0.1) is 0 Å². The largest absolute Gasteiger partial charge is 0.397 e. The van der Waals surface area contributed by atoms with Crippen LogP contribution in [0.5, 0.6) is 0 Å². The third-order valence-corrected chi connectivity index (χ3v) is 3.15. The lowest BCUT2D eigenvalue weighted by atomic mass is 10.1. The smallest absolute Gasteiger partial charge is 0.256 e. The standard InChI is InChI=1S/C13H19N3O2/c1-2-18-10-4-3-7-16(9-10)13(17)11-5-6-15-8-12(11)14/h5-6,8,10H,2-4,7,9,14H2,1H3. The first kappa shape index (κ1) is 12.8. The van der Waals surface area contributed by atoms with Crippen molar-refractivity contribution in [2.45, 2.75) is 25.9 Å². The first-order valence-corrected chi connectivity index (χ1v) is 6.32. The predicted molar refractivity (Wildman–Crippen MR) is 69.2 cm³/mol. The van der Waals surface area contributed by atoms with Gasteiger partial charge in [-0.05, 0) is 25.8 Å². The molecule has 2 N–H and O–H groups in total. The maximum atomic E-state index is 12.3. The summed E-state index contributed by atoms with van der Waals surface area (Å²) in [4.78, 5) is 18.0. The molecule has 98 valence electrons. The Labute approximate surface area is 107 Å². The van der Waals surface area contributed by atoms with Gasteiger partial charge in [-0.1, -0.05) is 0 Å². The lowest BCUT2D eigenvalue weighted by Crippen LogP contribution is -2.43. The number of aromatic nitrogens is 1. The lowest BCUT2D eigenvalue weighted by molar-refractivity contribution is 0.00727. The van der Waals surface area contributed by atoms with E-state index >= 15 is 0 Å². The van der Waals surface area contributed by atoms with Crippen molar-refractivity contribution >= 4 is 11.6 Å². The van der Waals surface area contributed by atoms with Gasteiger partial charge < -0.3 is 15.4 Å². The number of likely N-dealkylation sites (tertiary alicyclic amines) is 1. The summed E-state index contributed by atoms with van der Waals surface area (Å²) in [5.74, 6) is -0.0284. The van der Waals surface area contributed by atoms with Crippen LogP contribution in [0.1, 0.15) is 30.1 Å². The van der Waals surface area contributed by atoms with Crippen LogP contribution in [0.15, 0.2) is 18.5 Å². The zero-order chi connectivity index (χ0) is 13.0. The molecule has 1 atom stereocenters. The fraction of sp³-hybridized carbons (Fsp3) is 0.538. The van der Waals surface area contributed by atoms with Crippen LogP contribution in [0.3, 0.4) is 0 Å². The molecule has 1 aromatic heterocycles. The molecule has 0 aliphatic carbocycles. The summed E-state index contributed by atoms with van der Waals surface area (Å²) in [6.07, 6.45) is 5.24. The molecular weight excluding hydrogens is 230 g/mol. The fourth-order valence-corrected chi connectivity index (χ4v) is 2.27. The monoisotopic (exact) mass is 249 g/mol. The summed E-state index contributed by atoms with van der Waals surface area (Å²) < 4.78 is 5.59. The average molecular weight is 249 g/mol. The Morgan fingerprint density at radius 2 is 2.50 bits per heavy atom. The fourth-order valence-electron chi connectivity index (χ4n) is 2.27. The van der Waals surface area contributed by atoms with E-state index in [2.05, 4.69) is 4.98 Å². The molecular formula is C13H19N3O2. The molecule has 0 aromatic carbocycles. The molecule has 1 aliphatic heterocycles. The highest BCUT2D eigenvalue weighted by Crippen LogP contribution is 2.18. The van der Waals surface area contributed by atoms with E-state index in [9.17, 15) is 4.79 Å². The molecule has 1 aromatic rings. The molecule has 0 radical (unpaired) electrons. The van der Waals surface area contributed by atoms with Crippen LogP contribution in [0.4, 0.5) is 5.69 Å². The Morgan fingerprint density at radius 1 is 1.67 bits per heavy atom. The number of anilines is 1. The summed E-state index contributed by atoms with van der Waals surface area (Å²) in [6.45, 7) is 4.07. The normalized spacial score (nSPS) is 19.8. The first-order valence-electron chi connectivity index (χ1n) is 6.32. The van der Waals surface area contributed by atoms with Crippen molar-refractivity contribution in [3.05, 3.63) is 24.0 Å². The second-order valence-corrected chi connectivity index (χ2v) is 4.43. The van der Waals surface area contributed by atoms with Crippen molar-refractivity contribution in [3.63, 3.8) is 0 Å². The van der Waals surface area contributed by atoms with Crippen molar-refractivity contribution in [1.82, 2.24) is 9.88 Å². The van der Waals surface area contributed by atoms with E-state index in [1.54, 1.807) is 12.3 Å². The van der Waals surface area contributed by atoms with Gasteiger partial charge in [0.1, 0.15) is 0 Å². The average Bonchev–Trinajstić information content (AvgIpc) is 2.39. The number of hydrogen-bond acceptors (Lipinski definition) is 4. The van der Waals surface area contributed by atoms with Crippen molar-refractivity contribution in [3.8, 4) is 0 Å². The summed E-state index contributed by atoms with van der Waals surface area (Å²) in [7, 11) is 0. The molecule has 0 saturated carbocycles. The van der Waals surface area contributed by atoms with Crippen LogP contribution >= 0.6 is 0 Å². The molecule has 1 unspecified atom stereocenters. The number of carbonyl (C=O) groups is 1. The predicted octanol–water partition coefficient (Wildman–Crippen LogP) is 1.30. The third kappa shape index (κ3) is 2.79. The Balaban J connectivity index is 2.07. The SMILES string of the molecule is CCOC1CCCN(C(=O)c2ccncc2N)C1. The Kier molecular flexibility index (Phi) is 4.15. The van der Waals surface area contributed by atoms with E-state index in [1.807, 2.05) is 11.8 Å². The van der Waals surface area contributed by atoms with Gasteiger partial charge in [0, 0.05) is 25.9 Å². The molecule has 1 saturated heterocycles. The van der Waals surface area contributed by atoms with Crippen molar-refractivity contribution in [2.24, 2.45) is 0 Å². The molecule has 2 heterocycles. The number of nitrogen functional groups attached to an aromatic ring is 1. The number of ether oxygens (including phenoxy) is 1. The topological polar surface area (TPSA) is 68.5 Å². The van der Waals surface area contributed by atoms with Gasteiger partial charge in [-0.3, -0.25) is 9.78 Å². The highest BCUT2D eigenvalue weighted by Gasteiger charge is 2.25. The zero-order valence-corrected chi connectivity index (χ0v) is 10.6. The van der Waals surface area contributed by atoms with Gasteiger partial charge in [-0.2, -0.15) is 0 Å². The minimum atomic E-state index is -0.0284. The lowest BCUT2D eigenvalue weighted by Gasteiger charge is -2.32. The first-order chi connectivity index (χ1) is 8.72. The van der Waals surface area contributed by atoms with Crippen LogP contribution in [0, 0.1) is 0 Å². The third-order valence-electron chi connectivity index (χ3n) is 3.15. The van der Waals surface area contributed by atoms with Crippen molar-refractivity contribution in [2.75, 3.05) is 25.4 Å². The minimum Gasteiger partial charge on any atom is -0.397 e. The van der Waals surface area contributed by atoms with Gasteiger partial charge in [-0.25, -0.2) is 0 Å². The number of hydrogen-bond donors (Lipinski definition) is 1. The van der Waals surface area contributed by atoms with Crippen molar-refractivity contribution < 1.29 is 9.53 Å². The van der Waals surface area contributed by atoms with E-state index in [0.717, 1.165) is 19.4 Å². The zero-order valence-electron chi connectivity index (χ0n) is 10.6. The molecule has 5 heteroatoms. The van der Waals surface area contributed by atoms with E-state index in [1.165, 1.54) is 6.20 Å². The number of nitrogens with zero attached hydrogens (tertiary/aromatic N) is 2. The van der Waals surface area contributed by atoms with E-state index in [0.29, 0.717) is 24.4 Å². The van der Waals surface area contributed by atoms with Crippen LogP contribution in [-0.4, -0.2) is 41.6 Å². The van der Waals surface area contributed by atoms with Crippen LogP contribution in [0.2, 0.25) is 0 Å². The van der Waals surface area contributed by atoms with Gasteiger partial charge in [0.15, 0.2) is 0 Å². The minimum absolute atomic E-state index is 0.0284. The molecule has 1 fully saturated rings. The van der Waals surface area contributed by atoms with Gasteiger partial charge in [0.25, 0.3) is 5.91 Å².